The van der Waals surface area contributed by atoms with Gasteiger partial charge >= 0.3 is 0 Å². The summed E-state index contributed by atoms with van der Waals surface area (Å²) in [5, 5.41) is 0. The lowest BCUT2D eigenvalue weighted by Crippen LogP contribution is -2.47. The van der Waals surface area contributed by atoms with Crippen LogP contribution in [0.1, 0.15) is 18.4 Å². The van der Waals surface area contributed by atoms with Crippen molar-refractivity contribution >= 4 is 0 Å². The predicted octanol–water partition coefficient (Wildman–Crippen LogP) is 2.23. The molecule has 2 heterocycles. The molecule has 3 rings (SSSR count). The van der Waals surface area contributed by atoms with Crippen LogP contribution >= 0.6 is 0 Å². The minimum absolute atomic E-state index is 0.865. The Morgan fingerprint density at radius 2 is 1.55 bits per heavy atom. The molecule has 2 fully saturated rings. The van der Waals surface area contributed by atoms with Gasteiger partial charge in [-0.15, -0.1) is 0 Å². The zero-order valence-corrected chi connectivity index (χ0v) is 12.3. The molecule has 0 saturated carbocycles. The van der Waals surface area contributed by atoms with Crippen LogP contribution in [-0.2, 0) is 11.3 Å². The van der Waals surface area contributed by atoms with Gasteiger partial charge in [0.15, 0.2) is 0 Å². The van der Waals surface area contributed by atoms with E-state index in [2.05, 4.69) is 40.1 Å². The van der Waals surface area contributed by atoms with E-state index in [9.17, 15) is 0 Å². The molecule has 0 atom stereocenters. The molecule has 2 aliphatic heterocycles. The first-order valence-electron chi connectivity index (χ1n) is 7.96. The van der Waals surface area contributed by atoms with Gasteiger partial charge in [0.05, 0.1) is 0 Å². The first-order valence-corrected chi connectivity index (χ1v) is 7.96. The van der Waals surface area contributed by atoms with Gasteiger partial charge in [0.2, 0.25) is 0 Å². The minimum atomic E-state index is 0.865. The van der Waals surface area contributed by atoms with E-state index in [1.54, 1.807) is 0 Å². The molecule has 0 unspecified atom stereocenters. The van der Waals surface area contributed by atoms with Crippen LogP contribution in [0, 0.1) is 5.92 Å². The van der Waals surface area contributed by atoms with Gasteiger partial charge in [-0.05, 0) is 24.3 Å². The Labute approximate surface area is 122 Å². The number of ether oxygens (including phenoxy) is 1. The number of hydrogen-bond acceptors (Lipinski definition) is 3. The highest BCUT2D eigenvalue weighted by Crippen LogP contribution is 2.17. The van der Waals surface area contributed by atoms with Crippen molar-refractivity contribution in [2.75, 3.05) is 45.9 Å². The lowest BCUT2D eigenvalue weighted by atomic mass is 9.99. The third-order valence-electron chi connectivity index (χ3n) is 4.57. The molecule has 110 valence electrons. The average Bonchev–Trinajstić information content (AvgIpc) is 2.51. The molecular weight excluding hydrogens is 248 g/mol. The van der Waals surface area contributed by atoms with Crippen LogP contribution in [0.2, 0.25) is 0 Å². The molecule has 0 spiro atoms. The Morgan fingerprint density at radius 1 is 0.900 bits per heavy atom. The zero-order valence-electron chi connectivity index (χ0n) is 12.3. The maximum absolute atomic E-state index is 5.45. The SMILES string of the molecule is c1ccc(CN2CCN(CC3CCOCC3)CC2)cc1. The number of hydrogen-bond donors (Lipinski definition) is 0. The molecular formula is C17H26N2O. The van der Waals surface area contributed by atoms with Crippen molar-refractivity contribution in [2.45, 2.75) is 19.4 Å². The van der Waals surface area contributed by atoms with Gasteiger partial charge in [-0.2, -0.15) is 0 Å². The first kappa shape index (κ1) is 14.1. The Kier molecular flexibility index (Phi) is 5.06. The molecule has 0 N–H and O–H groups in total. The van der Waals surface area contributed by atoms with Crippen molar-refractivity contribution in [3.63, 3.8) is 0 Å². The van der Waals surface area contributed by atoms with E-state index in [0.717, 1.165) is 25.7 Å². The summed E-state index contributed by atoms with van der Waals surface area (Å²) >= 11 is 0. The lowest BCUT2D eigenvalue weighted by Gasteiger charge is -2.37. The highest BCUT2D eigenvalue weighted by atomic mass is 16.5. The molecule has 0 radical (unpaired) electrons. The van der Waals surface area contributed by atoms with Crippen molar-refractivity contribution < 1.29 is 4.74 Å². The Balaban J connectivity index is 1.40. The molecule has 1 aromatic carbocycles. The fourth-order valence-electron chi connectivity index (χ4n) is 3.27. The Bertz CT molecular complexity index is 381. The molecule has 0 bridgehead atoms. The van der Waals surface area contributed by atoms with Crippen LogP contribution < -0.4 is 0 Å². The summed E-state index contributed by atoms with van der Waals surface area (Å²) in [6, 6.07) is 10.8. The molecule has 3 heteroatoms. The second kappa shape index (κ2) is 7.21. The van der Waals surface area contributed by atoms with E-state index in [-0.39, 0.29) is 0 Å². The van der Waals surface area contributed by atoms with Gasteiger partial charge in [0.1, 0.15) is 0 Å². The molecule has 2 aliphatic rings. The molecule has 2 saturated heterocycles. The van der Waals surface area contributed by atoms with E-state index in [1.807, 2.05) is 0 Å². The molecule has 1 aromatic rings. The molecule has 0 aliphatic carbocycles. The monoisotopic (exact) mass is 274 g/mol. The second-order valence-corrected chi connectivity index (χ2v) is 6.12. The maximum Gasteiger partial charge on any atom is 0.0469 e. The van der Waals surface area contributed by atoms with Crippen LogP contribution in [0.5, 0.6) is 0 Å². The topological polar surface area (TPSA) is 15.7 Å². The predicted molar refractivity (Wildman–Crippen MR) is 81.7 cm³/mol. The van der Waals surface area contributed by atoms with E-state index in [0.29, 0.717) is 0 Å². The van der Waals surface area contributed by atoms with Crippen LogP contribution in [0.25, 0.3) is 0 Å². The maximum atomic E-state index is 5.45. The van der Waals surface area contributed by atoms with Crippen molar-refractivity contribution in [3.8, 4) is 0 Å². The number of piperazine rings is 1. The lowest BCUT2D eigenvalue weighted by molar-refractivity contribution is 0.0415. The van der Waals surface area contributed by atoms with Crippen molar-refractivity contribution in [1.82, 2.24) is 9.80 Å². The van der Waals surface area contributed by atoms with Gasteiger partial charge in [0, 0.05) is 52.5 Å². The van der Waals surface area contributed by atoms with E-state index in [1.165, 1.54) is 51.1 Å². The van der Waals surface area contributed by atoms with Gasteiger partial charge in [-0.25, -0.2) is 0 Å². The third-order valence-corrected chi connectivity index (χ3v) is 4.57. The molecule has 3 nitrogen and oxygen atoms in total. The Hall–Kier alpha value is -0.900. The molecule has 0 aromatic heterocycles. The summed E-state index contributed by atoms with van der Waals surface area (Å²) in [7, 11) is 0. The summed E-state index contributed by atoms with van der Waals surface area (Å²) < 4.78 is 5.45. The zero-order chi connectivity index (χ0) is 13.6. The fraction of sp³-hybridized carbons (Fsp3) is 0.647. The number of nitrogens with zero attached hydrogens (tertiary/aromatic N) is 2. The second-order valence-electron chi connectivity index (χ2n) is 6.12. The standard InChI is InChI=1S/C17H26N2O/c1-2-4-16(5-3-1)14-18-8-10-19(11-9-18)15-17-6-12-20-13-7-17/h1-5,17H,6-15H2. The highest BCUT2D eigenvalue weighted by Gasteiger charge is 2.21. The van der Waals surface area contributed by atoms with Crippen LogP contribution in [0.3, 0.4) is 0 Å². The normalized spacial score (nSPS) is 23.0. The van der Waals surface area contributed by atoms with E-state index in [4.69, 9.17) is 4.74 Å². The Morgan fingerprint density at radius 3 is 2.25 bits per heavy atom. The van der Waals surface area contributed by atoms with Crippen molar-refractivity contribution in [1.29, 1.82) is 0 Å². The number of benzene rings is 1. The summed E-state index contributed by atoms with van der Waals surface area (Å²) in [6.45, 7) is 9.19. The van der Waals surface area contributed by atoms with E-state index >= 15 is 0 Å². The average molecular weight is 274 g/mol. The molecule has 20 heavy (non-hydrogen) atoms. The molecule has 0 amide bonds. The minimum Gasteiger partial charge on any atom is -0.381 e. The van der Waals surface area contributed by atoms with Gasteiger partial charge in [-0.1, -0.05) is 30.3 Å². The third kappa shape index (κ3) is 4.05. The van der Waals surface area contributed by atoms with Crippen molar-refractivity contribution in [3.05, 3.63) is 35.9 Å². The largest absolute Gasteiger partial charge is 0.381 e. The summed E-state index contributed by atoms with van der Waals surface area (Å²) in [6.07, 6.45) is 2.51. The van der Waals surface area contributed by atoms with Crippen LogP contribution in [-0.4, -0.2) is 55.7 Å². The highest BCUT2D eigenvalue weighted by molar-refractivity contribution is 5.14. The summed E-state index contributed by atoms with van der Waals surface area (Å²) in [5.41, 5.74) is 1.44. The summed E-state index contributed by atoms with van der Waals surface area (Å²) in [5.74, 6) is 0.865. The van der Waals surface area contributed by atoms with Crippen molar-refractivity contribution in [2.24, 2.45) is 5.92 Å². The van der Waals surface area contributed by atoms with Gasteiger partial charge < -0.3 is 9.64 Å². The first-order chi connectivity index (χ1) is 9.90. The fourth-order valence-corrected chi connectivity index (χ4v) is 3.27. The smallest absolute Gasteiger partial charge is 0.0469 e. The van der Waals surface area contributed by atoms with E-state index < -0.39 is 0 Å². The van der Waals surface area contributed by atoms with Gasteiger partial charge in [0.25, 0.3) is 0 Å². The quantitative estimate of drug-likeness (QED) is 0.837. The van der Waals surface area contributed by atoms with Crippen LogP contribution in [0.15, 0.2) is 30.3 Å². The summed E-state index contributed by atoms with van der Waals surface area (Å²) in [4.78, 5) is 5.23. The van der Waals surface area contributed by atoms with Crippen LogP contribution in [0.4, 0.5) is 0 Å². The van der Waals surface area contributed by atoms with Gasteiger partial charge in [-0.3, -0.25) is 4.90 Å². The number of rotatable bonds is 4.